The van der Waals surface area contributed by atoms with Crippen molar-refractivity contribution in [2.24, 2.45) is 0 Å². The summed E-state index contributed by atoms with van der Waals surface area (Å²) in [5, 5.41) is 23.1. The number of phenols is 2. The molecule has 0 radical (unpaired) electrons. The Labute approximate surface area is 149 Å². The predicted octanol–water partition coefficient (Wildman–Crippen LogP) is 5.51. The van der Waals surface area contributed by atoms with Crippen molar-refractivity contribution in [3.05, 3.63) is 77.3 Å². The van der Waals surface area contributed by atoms with Crippen LogP contribution in [0.5, 0.6) is 11.5 Å². The molecule has 0 unspecified atom stereocenters. The van der Waals surface area contributed by atoms with E-state index in [4.69, 9.17) is 11.6 Å². The van der Waals surface area contributed by atoms with E-state index < -0.39 is 0 Å². The van der Waals surface area contributed by atoms with E-state index in [0.29, 0.717) is 12.2 Å². The van der Waals surface area contributed by atoms with Crippen LogP contribution in [0.4, 0.5) is 5.69 Å². The maximum Gasteiger partial charge on any atom is 0.142 e. The quantitative estimate of drug-likeness (QED) is 0.416. The lowest BCUT2D eigenvalue weighted by Gasteiger charge is -2.12. The van der Waals surface area contributed by atoms with Crippen LogP contribution < -0.4 is 5.32 Å². The summed E-state index contributed by atoms with van der Waals surface area (Å²) in [5.74, 6) is 0.0644. The van der Waals surface area contributed by atoms with Gasteiger partial charge < -0.3 is 15.5 Å². The van der Waals surface area contributed by atoms with Crippen molar-refractivity contribution in [2.45, 2.75) is 16.3 Å². The second kappa shape index (κ2) is 7.51. The zero-order chi connectivity index (χ0) is 16.9. The van der Waals surface area contributed by atoms with Gasteiger partial charge in [0, 0.05) is 27.4 Å². The van der Waals surface area contributed by atoms with Crippen LogP contribution in [-0.2, 0) is 6.54 Å². The first-order valence-electron chi connectivity index (χ1n) is 7.39. The number of rotatable bonds is 5. The maximum absolute atomic E-state index is 9.86. The van der Waals surface area contributed by atoms with Gasteiger partial charge >= 0.3 is 0 Å². The SMILES string of the molecule is Oc1ccc(NCc2ccccc2Sc2ccc(Cl)cc2)c(O)c1. The Bertz CT molecular complexity index is 837. The summed E-state index contributed by atoms with van der Waals surface area (Å²) in [6.45, 7) is 0.565. The molecule has 122 valence electrons. The fourth-order valence-corrected chi connectivity index (χ4v) is 3.31. The first-order chi connectivity index (χ1) is 11.6. The number of nitrogens with one attached hydrogen (secondary N) is 1. The Hall–Kier alpha value is -2.30. The van der Waals surface area contributed by atoms with E-state index in [9.17, 15) is 10.2 Å². The van der Waals surface area contributed by atoms with Crippen LogP contribution >= 0.6 is 23.4 Å². The van der Waals surface area contributed by atoms with Crippen LogP contribution in [0.3, 0.4) is 0 Å². The third-order valence-corrected chi connectivity index (χ3v) is 4.84. The zero-order valence-electron chi connectivity index (χ0n) is 12.7. The average Bonchev–Trinajstić information content (AvgIpc) is 2.57. The van der Waals surface area contributed by atoms with Gasteiger partial charge in [-0.2, -0.15) is 0 Å². The van der Waals surface area contributed by atoms with Gasteiger partial charge in [-0.25, -0.2) is 0 Å². The number of halogens is 1. The normalized spacial score (nSPS) is 10.5. The molecule has 0 atom stereocenters. The van der Waals surface area contributed by atoms with Gasteiger partial charge in [0.05, 0.1) is 5.69 Å². The molecule has 3 rings (SSSR count). The summed E-state index contributed by atoms with van der Waals surface area (Å²) < 4.78 is 0. The van der Waals surface area contributed by atoms with Crippen LogP contribution in [0.25, 0.3) is 0 Å². The Morgan fingerprint density at radius 2 is 1.67 bits per heavy atom. The van der Waals surface area contributed by atoms with Gasteiger partial charge in [-0.1, -0.05) is 41.6 Å². The molecule has 5 heteroatoms. The molecule has 0 saturated heterocycles. The summed E-state index contributed by atoms with van der Waals surface area (Å²) >= 11 is 7.59. The van der Waals surface area contributed by atoms with Gasteiger partial charge in [0.25, 0.3) is 0 Å². The highest BCUT2D eigenvalue weighted by Crippen LogP contribution is 2.32. The van der Waals surface area contributed by atoms with Gasteiger partial charge in [-0.3, -0.25) is 0 Å². The number of phenolic OH excluding ortho intramolecular Hbond substituents is 2. The minimum atomic E-state index is 0.0258. The largest absolute Gasteiger partial charge is 0.508 e. The fraction of sp³-hybridized carbons (Fsp3) is 0.0526. The standard InChI is InChI=1S/C19H16ClNO2S/c20-14-5-8-16(9-6-14)24-19-4-2-1-3-13(19)12-21-17-10-7-15(22)11-18(17)23/h1-11,21-23H,12H2. The van der Waals surface area contributed by atoms with Crippen molar-refractivity contribution in [2.75, 3.05) is 5.32 Å². The highest BCUT2D eigenvalue weighted by Gasteiger charge is 2.06. The second-order valence-corrected chi connectivity index (χ2v) is 6.77. The van der Waals surface area contributed by atoms with E-state index in [1.165, 1.54) is 12.1 Å². The molecule has 0 heterocycles. The molecule has 24 heavy (non-hydrogen) atoms. The van der Waals surface area contributed by atoms with Crippen LogP contribution in [0.15, 0.2) is 76.5 Å². The summed E-state index contributed by atoms with van der Waals surface area (Å²) in [5.41, 5.74) is 1.70. The molecule has 0 aliphatic heterocycles. The number of aromatic hydroxyl groups is 2. The minimum absolute atomic E-state index is 0.0258. The number of hydrogen-bond acceptors (Lipinski definition) is 4. The minimum Gasteiger partial charge on any atom is -0.508 e. The molecular weight excluding hydrogens is 342 g/mol. The molecule has 3 N–H and O–H groups in total. The van der Waals surface area contributed by atoms with Crippen molar-refractivity contribution in [1.82, 2.24) is 0 Å². The summed E-state index contributed by atoms with van der Waals surface area (Å²) in [6.07, 6.45) is 0. The van der Waals surface area contributed by atoms with Gasteiger partial charge in [-0.15, -0.1) is 0 Å². The Morgan fingerprint density at radius 3 is 2.42 bits per heavy atom. The molecule has 3 aromatic carbocycles. The third kappa shape index (κ3) is 4.16. The number of hydrogen-bond donors (Lipinski definition) is 3. The number of anilines is 1. The Morgan fingerprint density at radius 1 is 0.917 bits per heavy atom. The van der Waals surface area contributed by atoms with Crippen molar-refractivity contribution < 1.29 is 10.2 Å². The Kier molecular flexibility index (Phi) is 5.18. The summed E-state index contributed by atoms with van der Waals surface area (Å²) in [7, 11) is 0. The highest BCUT2D eigenvalue weighted by molar-refractivity contribution is 7.99. The molecule has 0 spiro atoms. The van der Waals surface area contributed by atoms with Gasteiger partial charge in [0.1, 0.15) is 11.5 Å². The first kappa shape index (κ1) is 16.6. The van der Waals surface area contributed by atoms with Crippen molar-refractivity contribution in [1.29, 1.82) is 0 Å². The van der Waals surface area contributed by atoms with E-state index in [-0.39, 0.29) is 11.5 Å². The molecule has 0 aromatic heterocycles. The van der Waals surface area contributed by atoms with Crippen molar-refractivity contribution in [3.63, 3.8) is 0 Å². The van der Waals surface area contributed by atoms with Crippen molar-refractivity contribution >= 4 is 29.1 Å². The molecule has 0 amide bonds. The third-order valence-electron chi connectivity index (χ3n) is 3.46. The van der Waals surface area contributed by atoms with E-state index in [0.717, 1.165) is 20.4 Å². The predicted molar refractivity (Wildman–Crippen MR) is 99.1 cm³/mol. The zero-order valence-corrected chi connectivity index (χ0v) is 14.3. The second-order valence-electron chi connectivity index (χ2n) is 5.22. The smallest absolute Gasteiger partial charge is 0.142 e. The molecule has 3 aromatic rings. The highest BCUT2D eigenvalue weighted by atomic mass is 35.5. The molecule has 0 bridgehead atoms. The molecule has 0 aliphatic rings. The van der Waals surface area contributed by atoms with Crippen LogP contribution in [0, 0.1) is 0 Å². The van der Waals surface area contributed by atoms with E-state index in [1.807, 2.05) is 42.5 Å². The molecule has 0 saturated carbocycles. The van der Waals surface area contributed by atoms with Crippen LogP contribution in [0.2, 0.25) is 5.02 Å². The van der Waals surface area contributed by atoms with Crippen LogP contribution in [-0.4, -0.2) is 10.2 Å². The van der Waals surface area contributed by atoms with E-state index in [1.54, 1.807) is 17.8 Å². The molecule has 0 fully saturated rings. The Balaban J connectivity index is 1.75. The van der Waals surface area contributed by atoms with E-state index in [2.05, 4.69) is 11.4 Å². The summed E-state index contributed by atoms with van der Waals surface area (Å²) in [4.78, 5) is 2.24. The maximum atomic E-state index is 9.86. The monoisotopic (exact) mass is 357 g/mol. The topological polar surface area (TPSA) is 52.5 Å². The lowest BCUT2D eigenvalue weighted by molar-refractivity contribution is 0.452. The average molecular weight is 358 g/mol. The summed E-state index contributed by atoms with van der Waals surface area (Å²) in [6, 6.07) is 20.3. The van der Waals surface area contributed by atoms with Gasteiger partial charge in [0.2, 0.25) is 0 Å². The molecular formula is C19H16ClNO2S. The fourth-order valence-electron chi connectivity index (χ4n) is 2.24. The van der Waals surface area contributed by atoms with Gasteiger partial charge in [0.15, 0.2) is 0 Å². The van der Waals surface area contributed by atoms with E-state index >= 15 is 0 Å². The van der Waals surface area contributed by atoms with Crippen molar-refractivity contribution in [3.8, 4) is 11.5 Å². The number of benzene rings is 3. The first-order valence-corrected chi connectivity index (χ1v) is 8.58. The lowest BCUT2D eigenvalue weighted by Crippen LogP contribution is -2.00. The molecule has 0 aliphatic carbocycles. The molecule has 3 nitrogen and oxygen atoms in total. The van der Waals surface area contributed by atoms with Crippen LogP contribution in [0.1, 0.15) is 5.56 Å². The lowest BCUT2D eigenvalue weighted by atomic mass is 10.2. The van der Waals surface area contributed by atoms with Gasteiger partial charge in [-0.05, 0) is 48.0 Å².